The Bertz CT molecular complexity index is 484. The topological polar surface area (TPSA) is 55.1 Å². The molecule has 1 aromatic carbocycles. The molecule has 0 atom stereocenters. The molecule has 1 fully saturated rings. The van der Waals surface area contributed by atoms with Crippen LogP contribution in [0.2, 0.25) is 5.02 Å². The maximum Gasteiger partial charge on any atom is 0.248 e. The van der Waals surface area contributed by atoms with E-state index in [2.05, 4.69) is 5.32 Å². The zero-order valence-electron chi connectivity index (χ0n) is 10.3. The predicted molar refractivity (Wildman–Crippen MR) is 71.4 cm³/mol. The quantitative estimate of drug-likeness (QED) is 0.816. The molecule has 3 nitrogen and oxygen atoms in total. The van der Waals surface area contributed by atoms with Gasteiger partial charge in [0.2, 0.25) is 11.8 Å². The van der Waals surface area contributed by atoms with E-state index in [9.17, 15) is 13.6 Å². The summed E-state index contributed by atoms with van der Waals surface area (Å²) < 4.78 is 26.0. The number of nitrogens with one attached hydrogen (secondary N) is 1. The van der Waals surface area contributed by atoms with Gasteiger partial charge in [-0.3, -0.25) is 4.79 Å². The second kappa shape index (κ2) is 5.33. The van der Waals surface area contributed by atoms with Crippen molar-refractivity contribution in [2.75, 3.05) is 11.1 Å². The normalized spacial score (nSPS) is 19.1. The van der Waals surface area contributed by atoms with Gasteiger partial charge >= 0.3 is 0 Å². The van der Waals surface area contributed by atoms with E-state index < -0.39 is 5.92 Å². The number of hydrogen-bond acceptors (Lipinski definition) is 2. The largest absolute Gasteiger partial charge is 0.397 e. The minimum absolute atomic E-state index is 0.201. The van der Waals surface area contributed by atoms with Gasteiger partial charge in [-0.25, -0.2) is 8.78 Å². The summed E-state index contributed by atoms with van der Waals surface area (Å²) in [6.45, 7) is 0. The van der Waals surface area contributed by atoms with Crippen molar-refractivity contribution in [3.8, 4) is 0 Å². The van der Waals surface area contributed by atoms with E-state index in [1.54, 1.807) is 12.1 Å². The van der Waals surface area contributed by atoms with Crippen LogP contribution in [0, 0.1) is 5.92 Å². The molecule has 3 N–H and O–H groups in total. The number of rotatable bonds is 2. The Labute approximate surface area is 115 Å². The van der Waals surface area contributed by atoms with Crippen LogP contribution < -0.4 is 11.1 Å². The lowest BCUT2D eigenvalue weighted by molar-refractivity contribution is -0.124. The number of carbonyl (C=O) groups excluding carboxylic acids is 1. The van der Waals surface area contributed by atoms with Crippen LogP contribution in [0.5, 0.6) is 0 Å². The monoisotopic (exact) mass is 288 g/mol. The highest BCUT2D eigenvalue weighted by molar-refractivity contribution is 6.31. The number of carbonyl (C=O) groups is 1. The number of nitrogen functional groups attached to an aromatic ring is 1. The first kappa shape index (κ1) is 14.1. The fraction of sp³-hybridized carbons (Fsp3) is 0.462. The van der Waals surface area contributed by atoms with Crippen LogP contribution in [0.4, 0.5) is 20.2 Å². The molecule has 1 aliphatic rings. The van der Waals surface area contributed by atoms with Crippen molar-refractivity contribution in [1.29, 1.82) is 0 Å². The number of benzene rings is 1. The van der Waals surface area contributed by atoms with E-state index in [0.717, 1.165) is 0 Å². The van der Waals surface area contributed by atoms with Crippen molar-refractivity contribution in [3.63, 3.8) is 0 Å². The van der Waals surface area contributed by atoms with Gasteiger partial charge in [-0.2, -0.15) is 0 Å². The summed E-state index contributed by atoms with van der Waals surface area (Å²) >= 11 is 5.76. The molecule has 19 heavy (non-hydrogen) atoms. The molecule has 0 spiro atoms. The zero-order chi connectivity index (χ0) is 14.0. The minimum atomic E-state index is -2.63. The lowest BCUT2D eigenvalue weighted by atomic mass is 9.86. The lowest BCUT2D eigenvalue weighted by Gasteiger charge is -2.27. The molecule has 2 rings (SSSR count). The summed E-state index contributed by atoms with van der Waals surface area (Å²) in [4.78, 5) is 12.0. The summed E-state index contributed by atoms with van der Waals surface area (Å²) in [5.41, 5.74) is 6.55. The van der Waals surface area contributed by atoms with Crippen molar-refractivity contribution < 1.29 is 13.6 Å². The minimum Gasteiger partial charge on any atom is -0.397 e. The van der Waals surface area contributed by atoms with Gasteiger partial charge in [0.05, 0.1) is 11.4 Å². The number of amides is 1. The molecule has 1 saturated carbocycles. The average Bonchev–Trinajstić information content (AvgIpc) is 2.32. The van der Waals surface area contributed by atoms with Crippen molar-refractivity contribution in [1.82, 2.24) is 0 Å². The van der Waals surface area contributed by atoms with Gasteiger partial charge in [0.15, 0.2) is 0 Å². The van der Waals surface area contributed by atoms with Gasteiger partial charge < -0.3 is 11.1 Å². The maximum absolute atomic E-state index is 13.0. The third-order valence-corrected chi connectivity index (χ3v) is 3.59. The summed E-state index contributed by atoms with van der Waals surface area (Å²) in [6.07, 6.45) is -0.0684. The fourth-order valence-electron chi connectivity index (χ4n) is 2.18. The highest BCUT2D eigenvalue weighted by Crippen LogP contribution is 2.36. The summed E-state index contributed by atoms with van der Waals surface area (Å²) in [5, 5.41) is 3.15. The fourth-order valence-corrected chi connectivity index (χ4v) is 2.37. The Morgan fingerprint density at radius 2 is 2.00 bits per heavy atom. The molecule has 1 aromatic rings. The Balaban J connectivity index is 1.98. The van der Waals surface area contributed by atoms with Gasteiger partial charge in [0.25, 0.3) is 0 Å². The van der Waals surface area contributed by atoms with Crippen molar-refractivity contribution in [2.45, 2.75) is 31.6 Å². The average molecular weight is 289 g/mol. The van der Waals surface area contributed by atoms with Crippen molar-refractivity contribution in [2.24, 2.45) is 5.92 Å². The molecular formula is C13H15ClF2N2O. The van der Waals surface area contributed by atoms with E-state index in [1.807, 2.05) is 0 Å². The first-order valence-corrected chi connectivity index (χ1v) is 6.49. The van der Waals surface area contributed by atoms with Crippen LogP contribution in [-0.4, -0.2) is 11.8 Å². The molecular weight excluding hydrogens is 274 g/mol. The van der Waals surface area contributed by atoms with Crippen LogP contribution >= 0.6 is 11.6 Å². The van der Waals surface area contributed by atoms with Crippen molar-refractivity contribution in [3.05, 3.63) is 23.2 Å². The molecule has 1 aliphatic carbocycles. The van der Waals surface area contributed by atoms with Gasteiger partial charge in [-0.05, 0) is 31.0 Å². The Morgan fingerprint density at radius 1 is 1.37 bits per heavy atom. The third kappa shape index (κ3) is 3.56. The molecule has 0 heterocycles. The smallest absolute Gasteiger partial charge is 0.248 e. The number of nitrogens with two attached hydrogens (primary N) is 1. The molecule has 1 amide bonds. The highest BCUT2D eigenvalue weighted by atomic mass is 35.5. The summed E-state index contributed by atoms with van der Waals surface area (Å²) in [5.74, 6) is -3.27. The third-order valence-electron chi connectivity index (χ3n) is 3.36. The van der Waals surface area contributed by atoms with E-state index in [-0.39, 0.29) is 37.5 Å². The molecule has 6 heteroatoms. The van der Waals surface area contributed by atoms with E-state index in [0.29, 0.717) is 16.4 Å². The number of alkyl halides is 2. The highest BCUT2D eigenvalue weighted by Gasteiger charge is 2.37. The molecule has 0 aliphatic heterocycles. The summed E-state index contributed by atoms with van der Waals surface area (Å²) in [6, 6.07) is 4.75. The Hall–Kier alpha value is -1.36. The first-order valence-electron chi connectivity index (χ1n) is 6.11. The van der Waals surface area contributed by atoms with Gasteiger partial charge in [0.1, 0.15) is 0 Å². The van der Waals surface area contributed by atoms with Crippen LogP contribution in [0.25, 0.3) is 0 Å². The maximum atomic E-state index is 13.0. The molecule has 104 valence electrons. The SMILES string of the molecule is Nc1cc(Cl)ccc1NC(=O)C1CCC(F)(F)CC1. The molecule has 0 saturated heterocycles. The number of halogens is 3. The van der Waals surface area contributed by atoms with E-state index in [1.165, 1.54) is 6.07 Å². The second-order valence-electron chi connectivity index (χ2n) is 4.85. The van der Waals surface area contributed by atoms with E-state index in [4.69, 9.17) is 17.3 Å². The zero-order valence-corrected chi connectivity index (χ0v) is 11.0. The molecule has 0 bridgehead atoms. The number of anilines is 2. The standard InChI is InChI=1S/C13H15ClF2N2O/c14-9-1-2-11(10(17)7-9)18-12(19)8-3-5-13(15,16)6-4-8/h1-2,7-8H,3-6,17H2,(H,18,19). The van der Waals surface area contributed by atoms with Crippen molar-refractivity contribution >= 4 is 28.9 Å². The molecule has 0 unspecified atom stereocenters. The molecule has 0 radical (unpaired) electrons. The first-order chi connectivity index (χ1) is 8.87. The Morgan fingerprint density at radius 3 is 2.58 bits per heavy atom. The molecule has 0 aromatic heterocycles. The van der Waals surface area contributed by atoms with Gasteiger partial charge in [-0.15, -0.1) is 0 Å². The predicted octanol–water partition coefficient (Wildman–Crippen LogP) is 3.69. The number of hydrogen-bond donors (Lipinski definition) is 2. The van der Waals surface area contributed by atoms with Crippen LogP contribution in [0.1, 0.15) is 25.7 Å². The van der Waals surface area contributed by atoms with Gasteiger partial charge in [-0.1, -0.05) is 11.6 Å². The lowest BCUT2D eigenvalue weighted by Crippen LogP contribution is -2.31. The Kier molecular flexibility index (Phi) is 3.94. The van der Waals surface area contributed by atoms with Gasteiger partial charge in [0, 0.05) is 23.8 Å². The summed E-state index contributed by atoms with van der Waals surface area (Å²) in [7, 11) is 0. The van der Waals surface area contributed by atoms with E-state index >= 15 is 0 Å². The van der Waals surface area contributed by atoms with Crippen LogP contribution in [0.3, 0.4) is 0 Å². The van der Waals surface area contributed by atoms with Crippen LogP contribution in [0.15, 0.2) is 18.2 Å². The van der Waals surface area contributed by atoms with Crippen LogP contribution in [-0.2, 0) is 4.79 Å². The second-order valence-corrected chi connectivity index (χ2v) is 5.29.